The first-order valence-corrected chi connectivity index (χ1v) is 9.69. The molecule has 2 nitrogen and oxygen atoms in total. The maximum absolute atomic E-state index is 5.96. The van der Waals surface area contributed by atoms with Crippen molar-refractivity contribution in [3.8, 4) is 11.5 Å². The van der Waals surface area contributed by atoms with Gasteiger partial charge in [0.05, 0.1) is 13.2 Å². The molecule has 25 heavy (non-hydrogen) atoms. The van der Waals surface area contributed by atoms with Crippen LogP contribution in [0.1, 0.15) is 36.1 Å². The molecule has 0 aliphatic carbocycles. The van der Waals surface area contributed by atoms with Crippen LogP contribution in [0.2, 0.25) is 0 Å². The Balaban J connectivity index is 2.28. The van der Waals surface area contributed by atoms with Crippen LogP contribution in [0.4, 0.5) is 0 Å². The highest BCUT2D eigenvalue weighted by Gasteiger charge is 2.11. The Hall–Kier alpha value is -1.26. The Labute approximate surface area is 162 Å². The number of hydrogen-bond donors (Lipinski definition) is 2. The van der Waals surface area contributed by atoms with Crippen LogP contribution in [-0.2, 0) is 6.42 Å². The normalized spacial score (nSPS) is 13.4. The van der Waals surface area contributed by atoms with Crippen molar-refractivity contribution in [1.29, 1.82) is 0 Å². The standard InChI is InChI=1S/C21H28O2S2/c1-14-5-7-20(22-12-16(3)24)18(9-14)11-19-10-15(2)6-8-21(19)23-13-17(4)25/h5-10,16-17,24-25H,11-13H2,1-4H3. The summed E-state index contributed by atoms with van der Waals surface area (Å²) in [6.45, 7) is 9.45. The largest absolute Gasteiger partial charge is 0.492 e. The lowest BCUT2D eigenvalue weighted by Gasteiger charge is -2.17. The molecule has 0 radical (unpaired) electrons. The van der Waals surface area contributed by atoms with Gasteiger partial charge in [-0.3, -0.25) is 0 Å². The number of ether oxygens (including phenoxy) is 2. The molecule has 2 atom stereocenters. The zero-order valence-electron chi connectivity index (χ0n) is 15.5. The summed E-state index contributed by atoms with van der Waals surface area (Å²) in [7, 11) is 0. The van der Waals surface area contributed by atoms with E-state index in [0.717, 1.165) is 17.9 Å². The van der Waals surface area contributed by atoms with Gasteiger partial charge in [-0.05, 0) is 37.1 Å². The molecule has 2 aromatic rings. The molecule has 2 rings (SSSR count). The van der Waals surface area contributed by atoms with Crippen molar-refractivity contribution >= 4 is 25.3 Å². The summed E-state index contributed by atoms with van der Waals surface area (Å²) in [5, 5.41) is 0.396. The predicted molar refractivity (Wildman–Crippen MR) is 113 cm³/mol. The highest BCUT2D eigenvalue weighted by Crippen LogP contribution is 2.29. The third-order valence-corrected chi connectivity index (χ3v) is 4.07. The highest BCUT2D eigenvalue weighted by atomic mass is 32.1. The Kier molecular flexibility index (Phi) is 7.57. The van der Waals surface area contributed by atoms with Crippen molar-refractivity contribution in [2.45, 2.75) is 44.6 Å². The molecular formula is C21H28O2S2. The zero-order chi connectivity index (χ0) is 18.4. The first-order valence-electron chi connectivity index (χ1n) is 8.66. The number of thiol groups is 2. The molecular weight excluding hydrogens is 348 g/mol. The van der Waals surface area contributed by atoms with Crippen LogP contribution >= 0.6 is 25.3 Å². The maximum atomic E-state index is 5.96. The van der Waals surface area contributed by atoms with Gasteiger partial charge < -0.3 is 9.47 Å². The van der Waals surface area contributed by atoms with Gasteiger partial charge in [0.15, 0.2) is 0 Å². The molecule has 0 bridgehead atoms. The molecule has 2 unspecified atom stereocenters. The predicted octanol–water partition coefficient (Wildman–Crippen LogP) is 5.29. The van der Waals surface area contributed by atoms with E-state index in [4.69, 9.17) is 9.47 Å². The minimum Gasteiger partial charge on any atom is -0.492 e. The SMILES string of the molecule is Cc1ccc(OCC(C)S)c(Cc2cc(C)ccc2OCC(C)S)c1. The molecule has 2 aromatic carbocycles. The molecule has 136 valence electrons. The third kappa shape index (κ3) is 6.52. The van der Waals surface area contributed by atoms with Crippen molar-refractivity contribution < 1.29 is 9.47 Å². The minimum atomic E-state index is 0.198. The second-order valence-corrected chi connectivity index (χ2v) is 8.48. The highest BCUT2D eigenvalue weighted by molar-refractivity contribution is 7.81. The number of aryl methyl sites for hydroxylation is 2. The minimum absolute atomic E-state index is 0.198. The molecule has 0 aromatic heterocycles. The molecule has 0 N–H and O–H groups in total. The van der Waals surface area contributed by atoms with Crippen molar-refractivity contribution in [2.24, 2.45) is 0 Å². The fourth-order valence-electron chi connectivity index (χ4n) is 2.60. The van der Waals surface area contributed by atoms with Gasteiger partial charge in [-0.2, -0.15) is 25.3 Å². The second-order valence-electron chi connectivity index (χ2n) is 6.72. The first-order chi connectivity index (χ1) is 11.8. The Morgan fingerprint density at radius 2 is 1.16 bits per heavy atom. The van der Waals surface area contributed by atoms with E-state index in [9.17, 15) is 0 Å². The van der Waals surface area contributed by atoms with Crippen LogP contribution in [0.15, 0.2) is 36.4 Å². The molecule has 4 heteroatoms. The van der Waals surface area contributed by atoms with Gasteiger partial charge in [-0.1, -0.05) is 49.2 Å². The fraction of sp³-hybridized carbons (Fsp3) is 0.429. The van der Waals surface area contributed by atoms with Crippen molar-refractivity contribution in [2.75, 3.05) is 13.2 Å². The third-order valence-electron chi connectivity index (χ3n) is 3.77. The van der Waals surface area contributed by atoms with Crippen molar-refractivity contribution in [3.63, 3.8) is 0 Å². The smallest absolute Gasteiger partial charge is 0.122 e. The van der Waals surface area contributed by atoms with E-state index >= 15 is 0 Å². The molecule has 0 aliphatic rings. The molecule has 0 spiro atoms. The van der Waals surface area contributed by atoms with Gasteiger partial charge in [0.2, 0.25) is 0 Å². The summed E-state index contributed by atoms with van der Waals surface area (Å²) in [5.41, 5.74) is 4.78. The molecule has 0 aliphatic heterocycles. The number of benzene rings is 2. The van der Waals surface area contributed by atoms with Crippen molar-refractivity contribution in [3.05, 3.63) is 58.7 Å². The van der Waals surface area contributed by atoms with E-state index in [1.165, 1.54) is 22.3 Å². The Morgan fingerprint density at radius 1 is 0.760 bits per heavy atom. The van der Waals surface area contributed by atoms with Crippen LogP contribution < -0.4 is 9.47 Å². The van der Waals surface area contributed by atoms with Crippen LogP contribution in [0, 0.1) is 13.8 Å². The van der Waals surface area contributed by atoms with Gasteiger partial charge in [0.25, 0.3) is 0 Å². The van der Waals surface area contributed by atoms with E-state index in [1.54, 1.807) is 0 Å². The van der Waals surface area contributed by atoms with Crippen LogP contribution in [0.25, 0.3) is 0 Å². The van der Waals surface area contributed by atoms with Crippen LogP contribution in [0.3, 0.4) is 0 Å². The second kappa shape index (κ2) is 9.44. The average molecular weight is 377 g/mol. The van der Waals surface area contributed by atoms with Gasteiger partial charge >= 0.3 is 0 Å². The molecule has 0 fully saturated rings. The molecule has 0 saturated heterocycles. The number of hydrogen-bond acceptors (Lipinski definition) is 4. The van der Waals surface area contributed by atoms with E-state index < -0.39 is 0 Å². The van der Waals surface area contributed by atoms with Crippen molar-refractivity contribution in [1.82, 2.24) is 0 Å². The lowest BCUT2D eigenvalue weighted by molar-refractivity contribution is 0.316. The summed E-state index contributed by atoms with van der Waals surface area (Å²) >= 11 is 8.81. The van der Waals surface area contributed by atoms with E-state index in [-0.39, 0.29) is 10.5 Å². The Morgan fingerprint density at radius 3 is 1.52 bits per heavy atom. The maximum Gasteiger partial charge on any atom is 0.122 e. The average Bonchev–Trinajstić information content (AvgIpc) is 2.53. The topological polar surface area (TPSA) is 18.5 Å². The monoisotopic (exact) mass is 376 g/mol. The lowest BCUT2D eigenvalue weighted by Crippen LogP contribution is -2.10. The molecule has 0 amide bonds. The summed E-state index contributed by atoms with van der Waals surface area (Å²) in [6.07, 6.45) is 0.774. The zero-order valence-corrected chi connectivity index (χ0v) is 17.2. The molecule has 0 saturated carbocycles. The first kappa shape index (κ1) is 20.1. The lowest BCUT2D eigenvalue weighted by atomic mass is 10.00. The van der Waals surface area contributed by atoms with E-state index in [2.05, 4.69) is 63.4 Å². The van der Waals surface area contributed by atoms with Gasteiger partial charge in [0, 0.05) is 16.9 Å². The van der Waals surface area contributed by atoms with E-state index in [0.29, 0.717) is 13.2 Å². The van der Waals surface area contributed by atoms with E-state index in [1.807, 2.05) is 26.0 Å². The summed E-state index contributed by atoms with van der Waals surface area (Å²) in [5.74, 6) is 1.84. The van der Waals surface area contributed by atoms with Gasteiger partial charge in [-0.15, -0.1) is 0 Å². The Bertz CT molecular complexity index is 637. The van der Waals surface area contributed by atoms with Crippen LogP contribution in [0.5, 0.6) is 11.5 Å². The van der Waals surface area contributed by atoms with Gasteiger partial charge in [0.1, 0.15) is 11.5 Å². The molecule has 0 heterocycles. The fourth-order valence-corrected chi connectivity index (χ4v) is 2.75. The van der Waals surface area contributed by atoms with Gasteiger partial charge in [-0.25, -0.2) is 0 Å². The summed E-state index contributed by atoms with van der Waals surface area (Å²) < 4.78 is 11.9. The number of rotatable bonds is 8. The quantitative estimate of drug-likeness (QED) is 0.610. The summed E-state index contributed by atoms with van der Waals surface area (Å²) in [6, 6.07) is 12.6. The summed E-state index contributed by atoms with van der Waals surface area (Å²) in [4.78, 5) is 0. The van der Waals surface area contributed by atoms with Crippen LogP contribution in [-0.4, -0.2) is 23.7 Å².